The number of hydrogen-bond acceptors (Lipinski definition) is 0. The Hall–Kier alpha value is -4.42. The molecule has 0 heterocycles. The molecule has 0 radical (unpaired) electrons. The van der Waals surface area contributed by atoms with E-state index in [1.54, 1.807) is 0 Å². The van der Waals surface area contributed by atoms with Crippen LogP contribution < -0.4 is 24.8 Å². The summed E-state index contributed by atoms with van der Waals surface area (Å²) in [6.45, 7) is 13.9. The van der Waals surface area contributed by atoms with Crippen LogP contribution in [0.3, 0.4) is 0 Å². The molecule has 320 valence electrons. The number of alkyl halides is 6. The Morgan fingerprint density at radius 3 is 1.42 bits per heavy atom. The second-order valence-corrected chi connectivity index (χ2v) is 18.1. The Bertz CT molecular complexity index is 2380. The number of fused-ring (bicyclic) bond motifs is 3. The number of hydrogen-bond donors (Lipinski definition) is 0. The zero-order valence-corrected chi connectivity index (χ0v) is 39.2. The third-order valence-corrected chi connectivity index (χ3v) is 11.8. The minimum Gasteiger partial charge on any atom is -1.00 e. The van der Waals surface area contributed by atoms with Crippen LogP contribution >= 0.6 is 0 Å². The molecule has 62 heavy (non-hydrogen) atoms. The van der Waals surface area contributed by atoms with E-state index in [4.69, 9.17) is 0 Å². The van der Waals surface area contributed by atoms with Crippen molar-refractivity contribution in [3.8, 4) is 33.4 Å². The van der Waals surface area contributed by atoms with Gasteiger partial charge in [-0.2, -0.15) is 18.2 Å². The first-order valence-electron chi connectivity index (χ1n) is 19.7. The predicted octanol–water partition coefficient (Wildman–Crippen LogP) is 9.24. The molecule has 1 aliphatic rings. The van der Waals surface area contributed by atoms with Gasteiger partial charge in [0.15, 0.2) is 0 Å². The van der Waals surface area contributed by atoms with Crippen molar-refractivity contribution >= 4 is 3.21 Å². The topological polar surface area (TPSA) is 0 Å². The molecule has 0 N–H and O–H groups in total. The molecule has 7 aromatic carbocycles. The number of rotatable bonds is 4. The normalized spacial score (nSPS) is 12.0. The van der Waals surface area contributed by atoms with E-state index in [9.17, 15) is 26.3 Å². The molecular formula is C53H46Cl2F6Zr-2. The Morgan fingerprint density at radius 2 is 0.984 bits per heavy atom. The molecule has 7 aromatic rings. The summed E-state index contributed by atoms with van der Waals surface area (Å²) in [6.07, 6.45) is -8.03. The van der Waals surface area contributed by atoms with Crippen LogP contribution in [0.25, 0.3) is 33.4 Å². The summed E-state index contributed by atoms with van der Waals surface area (Å²) in [5.74, 6) is 0. The second kappa shape index (κ2) is 20.4. The van der Waals surface area contributed by atoms with Gasteiger partial charge in [0.1, 0.15) is 0 Å². The molecule has 0 spiro atoms. The molecule has 0 amide bonds. The molecule has 0 aliphatic heterocycles. The van der Waals surface area contributed by atoms with Crippen molar-refractivity contribution in [1.82, 2.24) is 0 Å². The van der Waals surface area contributed by atoms with Crippen LogP contribution in [0.2, 0.25) is 0 Å². The molecule has 0 saturated carbocycles. The summed E-state index contributed by atoms with van der Waals surface area (Å²) in [6, 6.07) is 52.0. The standard InChI is InChI=1S/C33H33.C15H8F6.C5H5.2ClH.Zr/c1-32(2,3)30-20-26-24(18-28(30)22-13-9-7-10-14-22)17-25-19-29(23-15-11-8-12-16-23)31(21-27(25)26)33(4,5)6;16-14(17,18)12-5-1-3-10(8-12)7-11-4-2-6-13(9-11)15(19,20)21;1-2-4-5-3-1;;;/h7-16,18,20-21H,17H2,1-6H3;1-6,8-9H;1-5H;2*1H;/q-1;;-1;;;+2/p-2. The van der Waals surface area contributed by atoms with Crippen LogP contribution in [0.5, 0.6) is 0 Å². The minimum absolute atomic E-state index is 0. The zero-order chi connectivity index (χ0) is 43.5. The molecule has 9 heteroatoms. The van der Waals surface area contributed by atoms with E-state index < -0.39 is 23.5 Å². The van der Waals surface area contributed by atoms with Crippen LogP contribution in [0.4, 0.5) is 26.3 Å². The van der Waals surface area contributed by atoms with E-state index in [-0.39, 0.29) is 46.8 Å². The quantitative estimate of drug-likeness (QED) is 0.122. The van der Waals surface area contributed by atoms with Gasteiger partial charge in [-0.15, -0.1) is 28.8 Å². The summed E-state index contributed by atoms with van der Waals surface area (Å²) >= 11 is 0.729. The van der Waals surface area contributed by atoms with Gasteiger partial charge in [-0.25, -0.2) is 12.1 Å². The van der Waals surface area contributed by atoms with Gasteiger partial charge in [-0.1, -0.05) is 131 Å². The van der Waals surface area contributed by atoms with Gasteiger partial charge in [-0.3, -0.25) is 0 Å². The largest absolute Gasteiger partial charge is 1.00 e. The van der Waals surface area contributed by atoms with Gasteiger partial charge >= 0.3 is 137 Å². The van der Waals surface area contributed by atoms with Crippen molar-refractivity contribution in [2.45, 2.75) is 71.1 Å². The molecule has 0 atom stereocenters. The smallest absolute Gasteiger partial charge is 0.172 e. The fourth-order valence-electron chi connectivity index (χ4n) is 7.29. The summed E-state index contributed by atoms with van der Waals surface area (Å²) in [5, 5.41) is 0. The first-order valence-corrected chi connectivity index (χ1v) is 20.9. The third kappa shape index (κ3) is 12.2. The Labute approximate surface area is 389 Å². The average molecular weight is 959 g/mol. The summed E-state index contributed by atoms with van der Waals surface area (Å²) in [5.41, 5.74) is 12.4. The zero-order valence-electron chi connectivity index (χ0n) is 35.2. The molecule has 0 fully saturated rings. The van der Waals surface area contributed by atoms with Gasteiger partial charge in [-0.05, 0) is 39.5 Å². The number of halogens is 8. The van der Waals surface area contributed by atoms with Crippen molar-refractivity contribution in [2.24, 2.45) is 0 Å². The third-order valence-electron chi connectivity index (χ3n) is 10.3. The minimum atomic E-state index is -4.49. The van der Waals surface area contributed by atoms with Gasteiger partial charge in [0.05, 0.1) is 0 Å². The molecular weight excluding hydrogens is 913 g/mol. The molecule has 8 rings (SSSR count). The maximum absolute atomic E-state index is 12.7. The monoisotopic (exact) mass is 956 g/mol. The van der Waals surface area contributed by atoms with Crippen LogP contribution in [0, 0.1) is 6.07 Å². The van der Waals surface area contributed by atoms with E-state index >= 15 is 0 Å². The van der Waals surface area contributed by atoms with Gasteiger partial charge in [0, 0.05) is 0 Å². The van der Waals surface area contributed by atoms with Crippen molar-refractivity contribution in [3.05, 3.63) is 208 Å². The maximum atomic E-state index is 12.7. The van der Waals surface area contributed by atoms with E-state index in [1.807, 2.05) is 30.3 Å². The second-order valence-electron chi connectivity index (χ2n) is 16.9. The van der Waals surface area contributed by atoms with Crippen molar-refractivity contribution in [3.63, 3.8) is 0 Å². The van der Waals surface area contributed by atoms with Crippen LogP contribution in [0.1, 0.15) is 86.1 Å². The summed E-state index contributed by atoms with van der Waals surface area (Å²) in [7, 11) is 0. The van der Waals surface area contributed by atoms with Gasteiger partial charge in [0.2, 0.25) is 0 Å². The molecule has 0 bridgehead atoms. The van der Waals surface area contributed by atoms with Crippen LogP contribution in [-0.2, 0) is 53.8 Å². The number of benzene rings is 6. The SMILES string of the molecule is CC(C)(C)c1cc2c([c-]c1-c1ccccc1)Cc1cc(-c3ccccc3)c(C(C)(C)C)cc1-2.FC(F)(F)c1cccc([C](=[Zr+2])c2cccc(C(F)(F)F)c2)c1.[Cl-].[Cl-].c1cc[cH-]c1. The first kappa shape index (κ1) is 50.2. The summed E-state index contributed by atoms with van der Waals surface area (Å²) < 4.78 is 76.7. The average Bonchev–Trinajstić information content (AvgIpc) is 3.91. The van der Waals surface area contributed by atoms with Crippen LogP contribution in [-0.4, -0.2) is 3.21 Å². The van der Waals surface area contributed by atoms with Gasteiger partial charge < -0.3 is 24.8 Å². The first-order chi connectivity index (χ1) is 28.2. The molecule has 0 unspecified atom stereocenters. The molecule has 1 aliphatic carbocycles. The summed E-state index contributed by atoms with van der Waals surface area (Å²) in [4.78, 5) is 0. The van der Waals surface area contributed by atoms with Gasteiger partial charge in [0.25, 0.3) is 0 Å². The molecule has 0 nitrogen and oxygen atoms in total. The fourth-order valence-corrected chi connectivity index (χ4v) is 8.06. The van der Waals surface area contributed by atoms with Crippen molar-refractivity contribution in [2.75, 3.05) is 0 Å². The molecule has 0 saturated heterocycles. The Balaban J connectivity index is 0.000000252. The van der Waals surface area contributed by atoms with E-state index in [1.165, 1.54) is 79.9 Å². The Kier molecular flexibility index (Phi) is 16.5. The van der Waals surface area contributed by atoms with E-state index in [0.29, 0.717) is 3.21 Å². The van der Waals surface area contributed by atoms with E-state index in [2.05, 4.69) is 126 Å². The van der Waals surface area contributed by atoms with E-state index in [0.717, 1.165) is 54.9 Å². The van der Waals surface area contributed by atoms with Crippen molar-refractivity contribution < 1.29 is 75.4 Å². The van der Waals surface area contributed by atoms with Crippen molar-refractivity contribution in [1.29, 1.82) is 0 Å². The predicted molar refractivity (Wildman–Crippen MR) is 230 cm³/mol. The molecule has 0 aromatic heterocycles. The maximum Gasteiger partial charge on any atom is -0.172 e. The van der Waals surface area contributed by atoms with Crippen LogP contribution in [0.15, 0.2) is 158 Å². The Morgan fingerprint density at radius 1 is 0.516 bits per heavy atom. The fraction of sp³-hybridized carbons (Fsp3) is 0.208.